The summed E-state index contributed by atoms with van der Waals surface area (Å²) in [6.45, 7) is 9.68. The number of aliphatic hydroxyl groups excluding tert-OH is 2. The Bertz CT molecular complexity index is 1490. The zero-order valence-corrected chi connectivity index (χ0v) is 28.3. The first-order valence-electron chi connectivity index (χ1n) is 17.4. The number of amides is 1. The third kappa shape index (κ3) is 5.82. The first-order chi connectivity index (χ1) is 21.4. The number of aliphatic hydroxyl groups is 2. The van der Waals surface area contributed by atoms with E-state index in [-0.39, 0.29) is 40.5 Å². The van der Waals surface area contributed by atoms with Gasteiger partial charge in [0.05, 0.1) is 23.7 Å². The van der Waals surface area contributed by atoms with Gasteiger partial charge >= 0.3 is 6.09 Å². The molecule has 3 N–H and O–H groups in total. The van der Waals surface area contributed by atoms with Crippen LogP contribution in [0.15, 0.2) is 47.4 Å². The molecule has 0 heterocycles. The molecule has 2 aromatic rings. The standard InChI is InChI=1S/C37H53NO6S/c1-5-28-32-22-26(39)16-18-37(32,4)31-17-19-36(3)29(14-15-30(36)33(31)34(28)40)23(2)9-8-20-44-35(41)38-45(42,43)27-13-12-24-10-6-7-11-25(24)21-27/h6-7,10-13,21,23,26,28-34,39-40H,5,8-9,14-20,22H2,1-4H3,(H,38,41)/t23?,26-,28-,29?,30+,31?,32?,33-,34-,36?,37?/m1/s1. The van der Waals surface area contributed by atoms with Gasteiger partial charge in [0.2, 0.25) is 0 Å². The van der Waals surface area contributed by atoms with Gasteiger partial charge in [-0.3, -0.25) is 0 Å². The topological polar surface area (TPSA) is 113 Å². The fourth-order valence-electron chi connectivity index (χ4n) is 11.2. The molecule has 0 bridgehead atoms. The lowest BCUT2D eigenvalue weighted by Crippen LogP contribution is -2.62. The molecule has 2 aromatic carbocycles. The molecule has 4 aliphatic rings. The van der Waals surface area contributed by atoms with Crippen LogP contribution in [-0.2, 0) is 14.8 Å². The summed E-state index contributed by atoms with van der Waals surface area (Å²) in [6.07, 6.45) is 8.57. The predicted octanol–water partition coefficient (Wildman–Crippen LogP) is 7.30. The Balaban J connectivity index is 1.04. The van der Waals surface area contributed by atoms with Crippen LogP contribution in [0.3, 0.4) is 0 Å². The van der Waals surface area contributed by atoms with Crippen molar-refractivity contribution in [3.05, 3.63) is 42.5 Å². The zero-order valence-electron chi connectivity index (χ0n) is 27.5. The largest absolute Gasteiger partial charge is 0.449 e. The van der Waals surface area contributed by atoms with E-state index in [0.717, 1.165) is 55.7 Å². The summed E-state index contributed by atoms with van der Waals surface area (Å²) in [7, 11) is -4.03. The van der Waals surface area contributed by atoms with Crippen LogP contribution >= 0.6 is 0 Å². The summed E-state index contributed by atoms with van der Waals surface area (Å²) < 4.78 is 33.0. The van der Waals surface area contributed by atoms with Crippen molar-refractivity contribution in [1.82, 2.24) is 4.72 Å². The number of benzene rings is 2. The summed E-state index contributed by atoms with van der Waals surface area (Å²) in [5.41, 5.74) is 0.387. The Kier molecular flexibility index (Phi) is 9.07. The van der Waals surface area contributed by atoms with E-state index in [9.17, 15) is 23.4 Å². The van der Waals surface area contributed by atoms with E-state index in [1.165, 1.54) is 18.9 Å². The second-order valence-electron chi connectivity index (χ2n) is 15.5. The van der Waals surface area contributed by atoms with Crippen LogP contribution in [0, 0.1) is 52.3 Å². The molecule has 1 amide bonds. The fourth-order valence-corrected chi connectivity index (χ4v) is 12.2. The molecule has 6 rings (SSSR count). The second kappa shape index (κ2) is 12.5. The average Bonchev–Trinajstić information content (AvgIpc) is 3.37. The van der Waals surface area contributed by atoms with Crippen molar-refractivity contribution >= 4 is 26.9 Å². The van der Waals surface area contributed by atoms with Crippen molar-refractivity contribution in [3.8, 4) is 0 Å². The highest BCUT2D eigenvalue weighted by molar-refractivity contribution is 7.90. The Labute approximate surface area is 269 Å². The quantitative estimate of drug-likeness (QED) is 0.261. The second-order valence-corrected chi connectivity index (χ2v) is 17.2. The number of fused-ring (bicyclic) bond motifs is 6. The van der Waals surface area contributed by atoms with Crippen molar-refractivity contribution in [1.29, 1.82) is 0 Å². The number of sulfonamides is 1. The zero-order chi connectivity index (χ0) is 32.1. The summed E-state index contributed by atoms with van der Waals surface area (Å²) in [6, 6.07) is 12.3. The molecule has 0 saturated heterocycles. The van der Waals surface area contributed by atoms with E-state index in [2.05, 4.69) is 32.4 Å². The van der Waals surface area contributed by atoms with Crippen molar-refractivity contribution < 1.29 is 28.2 Å². The average molecular weight is 640 g/mol. The minimum atomic E-state index is -4.03. The number of rotatable bonds is 8. The molecule has 248 valence electrons. The molecular formula is C37H53NO6S. The van der Waals surface area contributed by atoms with E-state index >= 15 is 0 Å². The van der Waals surface area contributed by atoms with Gasteiger partial charge < -0.3 is 14.9 Å². The Morgan fingerprint density at radius 2 is 1.69 bits per heavy atom. The van der Waals surface area contributed by atoms with Crippen LogP contribution in [0.4, 0.5) is 4.79 Å². The summed E-state index contributed by atoms with van der Waals surface area (Å²) in [4.78, 5) is 12.5. The van der Waals surface area contributed by atoms with Gasteiger partial charge in [0, 0.05) is 0 Å². The molecule has 45 heavy (non-hydrogen) atoms. The number of hydrogen-bond acceptors (Lipinski definition) is 6. The summed E-state index contributed by atoms with van der Waals surface area (Å²) in [5.74, 6) is 3.04. The van der Waals surface area contributed by atoms with E-state index in [4.69, 9.17) is 4.74 Å². The fraction of sp³-hybridized carbons (Fsp3) is 0.703. The highest BCUT2D eigenvalue weighted by Gasteiger charge is 2.64. The molecule has 4 fully saturated rings. The molecule has 4 aliphatic carbocycles. The van der Waals surface area contributed by atoms with Gasteiger partial charge in [-0.15, -0.1) is 0 Å². The minimum absolute atomic E-state index is 0.0319. The van der Waals surface area contributed by atoms with Gasteiger partial charge in [-0.25, -0.2) is 17.9 Å². The van der Waals surface area contributed by atoms with Gasteiger partial charge in [-0.2, -0.15) is 0 Å². The van der Waals surface area contributed by atoms with E-state index in [1.807, 2.05) is 24.3 Å². The number of hydrogen-bond donors (Lipinski definition) is 3. The molecule has 7 nitrogen and oxygen atoms in total. The third-order valence-electron chi connectivity index (χ3n) is 13.4. The van der Waals surface area contributed by atoms with Gasteiger partial charge in [0.25, 0.3) is 10.0 Å². The Morgan fingerprint density at radius 1 is 0.978 bits per heavy atom. The first-order valence-corrected chi connectivity index (χ1v) is 18.9. The van der Waals surface area contributed by atoms with Gasteiger partial charge in [-0.1, -0.05) is 64.4 Å². The van der Waals surface area contributed by atoms with Gasteiger partial charge in [0.15, 0.2) is 0 Å². The monoisotopic (exact) mass is 639 g/mol. The molecule has 0 aliphatic heterocycles. The molecule has 8 heteroatoms. The molecular weight excluding hydrogens is 586 g/mol. The van der Waals surface area contributed by atoms with Crippen LogP contribution in [0.1, 0.15) is 91.9 Å². The maximum Gasteiger partial charge on any atom is 0.421 e. The maximum absolute atomic E-state index is 12.8. The molecule has 0 spiro atoms. The normalized spacial score (nSPS) is 38.5. The summed E-state index contributed by atoms with van der Waals surface area (Å²) >= 11 is 0. The lowest BCUT2D eigenvalue weighted by Gasteiger charge is -2.64. The lowest BCUT2D eigenvalue weighted by atomic mass is 9.41. The number of carbonyl (C=O) groups excluding carboxylic acids is 1. The molecule has 0 radical (unpaired) electrons. The van der Waals surface area contributed by atoms with E-state index < -0.39 is 16.1 Å². The van der Waals surface area contributed by atoms with Crippen molar-refractivity contribution in [2.75, 3.05) is 6.61 Å². The molecule has 4 saturated carbocycles. The number of nitrogens with one attached hydrogen (secondary N) is 1. The smallest absolute Gasteiger partial charge is 0.421 e. The lowest BCUT2D eigenvalue weighted by molar-refractivity contribution is -0.203. The summed E-state index contributed by atoms with van der Waals surface area (Å²) in [5, 5.41) is 24.2. The van der Waals surface area contributed by atoms with Gasteiger partial charge in [0.1, 0.15) is 0 Å². The number of ether oxygens (including phenoxy) is 1. The van der Waals surface area contributed by atoms with Crippen molar-refractivity contribution in [2.45, 2.75) is 109 Å². The third-order valence-corrected chi connectivity index (χ3v) is 14.7. The SMILES string of the molecule is CC[C@@H]1C2C[C@H](O)CCC2(C)C2CCC3(C)C(C(C)CCCOC(=O)NS(=O)(=O)c4ccc5ccccc5c4)CC[C@H]3[C@H]2[C@@H]1O. The van der Waals surface area contributed by atoms with Gasteiger partial charge in [-0.05, 0) is 133 Å². The van der Waals surface area contributed by atoms with E-state index in [0.29, 0.717) is 41.9 Å². The minimum Gasteiger partial charge on any atom is -0.449 e. The Hall–Kier alpha value is -2.16. The highest BCUT2D eigenvalue weighted by Crippen LogP contribution is 2.69. The highest BCUT2D eigenvalue weighted by atomic mass is 32.2. The Morgan fingerprint density at radius 3 is 2.44 bits per heavy atom. The first kappa shape index (κ1) is 32.8. The molecule has 11 atom stereocenters. The van der Waals surface area contributed by atoms with Crippen LogP contribution in [-0.4, -0.2) is 43.5 Å². The van der Waals surface area contributed by atoms with Crippen LogP contribution in [0.25, 0.3) is 10.8 Å². The molecule has 0 aromatic heterocycles. The predicted molar refractivity (Wildman–Crippen MR) is 176 cm³/mol. The van der Waals surface area contributed by atoms with Crippen LogP contribution in [0.2, 0.25) is 0 Å². The van der Waals surface area contributed by atoms with Crippen LogP contribution in [0.5, 0.6) is 0 Å². The maximum atomic E-state index is 12.8. The van der Waals surface area contributed by atoms with Crippen molar-refractivity contribution in [2.24, 2.45) is 52.3 Å². The molecule has 6 unspecified atom stereocenters. The number of carbonyl (C=O) groups is 1. The van der Waals surface area contributed by atoms with Crippen molar-refractivity contribution in [3.63, 3.8) is 0 Å². The van der Waals surface area contributed by atoms with E-state index in [1.54, 1.807) is 12.1 Å². The van der Waals surface area contributed by atoms with Crippen LogP contribution < -0.4 is 4.72 Å².